The van der Waals surface area contributed by atoms with Crippen molar-refractivity contribution in [3.8, 4) is 22.5 Å². The fraction of sp³-hybridized carbons (Fsp3) is 0.250. The van der Waals surface area contributed by atoms with Crippen molar-refractivity contribution in [3.63, 3.8) is 0 Å². The highest BCUT2D eigenvalue weighted by Crippen LogP contribution is 2.30. The van der Waals surface area contributed by atoms with Crippen molar-refractivity contribution < 1.29 is 4.79 Å². The number of amides is 1. The fourth-order valence-corrected chi connectivity index (χ4v) is 5.26. The number of H-pyrrole nitrogens is 1. The fourth-order valence-electron chi connectivity index (χ4n) is 4.26. The summed E-state index contributed by atoms with van der Waals surface area (Å²) in [7, 11) is 0. The number of amidine groups is 1. The van der Waals surface area contributed by atoms with E-state index in [4.69, 9.17) is 0 Å². The maximum absolute atomic E-state index is 12.6. The van der Waals surface area contributed by atoms with Gasteiger partial charge in [0.1, 0.15) is 0 Å². The van der Waals surface area contributed by atoms with Crippen LogP contribution in [0.4, 0.5) is 0 Å². The quantitative estimate of drug-likeness (QED) is 0.317. The molecule has 8 nitrogen and oxygen atoms in total. The number of aromatic amines is 1. The van der Waals surface area contributed by atoms with Gasteiger partial charge in [-0.1, -0.05) is 97.5 Å². The number of hydrogen-bond acceptors (Lipinski definition) is 6. The predicted molar refractivity (Wildman–Crippen MR) is 147 cm³/mol. The van der Waals surface area contributed by atoms with E-state index in [1.807, 2.05) is 41.4 Å². The molecule has 5 rings (SSSR count). The number of hydrazine groups is 1. The highest BCUT2D eigenvalue weighted by atomic mass is 32.2. The van der Waals surface area contributed by atoms with E-state index in [2.05, 4.69) is 80.4 Å². The molecule has 3 aromatic carbocycles. The van der Waals surface area contributed by atoms with Crippen LogP contribution in [-0.2, 0) is 17.8 Å². The zero-order valence-electron chi connectivity index (χ0n) is 20.7. The van der Waals surface area contributed by atoms with Gasteiger partial charge in [-0.15, -0.1) is 5.10 Å². The van der Waals surface area contributed by atoms with Crippen molar-refractivity contribution in [1.82, 2.24) is 31.1 Å². The van der Waals surface area contributed by atoms with Crippen molar-refractivity contribution in [1.29, 1.82) is 0 Å². The monoisotopic (exact) mass is 511 g/mol. The Kier molecular flexibility index (Phi) is 8.02. The van der Waals surface area contributed by atoms with Gasteiger partial charge < -0.3 is 0 Å². The molecule has 37 heavy (non-hydrogen) atoms. The largest absolute Gasteiger partial charge is 0.281 e. The van der Waals surface area contributed by atoms with Gasteiger partial charge in [0.25, 0.3) is 0 Å². The van der Waals surface area contributed by atoms with Gasteiger partial charge in [-0.3, -0.25) is 9.80 Å². The van der Waals surface area contributed by atoms with Crippen LogP contribution in [0.3, 0.4) is 0 Å². The van der Waals surface area contributed by atoms with Crippen molar-refractivity contribution in [2.24, 2.45) is 4.99 Å². The molecule has 188 valence electrons. The Bertz CT molecular complexity index is 1340. The number of aromatic nitrogens is 4. The van der Waals surface area contributed by atoms with E-state index in [0.717, 1.165) is 46.7 Å². The summed E-state index contributed by atoms with van der Waals surface area (Å²) >= 11 is 1.62. The average molecular weight is 512 g/mol. The second kappa shape index (κ2) is 11.9. The zero-order valence-corrected chi connectivity index (χ0v) is 21.5. The van der Waals surface area contributed by atoms with Crippen LogP contribution in [0.15, 0.2) is 83.9 Å². The Morgan fingerprint density at radius 3 is 2.46 bits per heavy atom. The zero-order chi connectivity index (χ0) is 25.5. The lowest BCUT2D eigenvalue weighted by Gasteiger charge is -2.19. The minimum Gasteiger partial charge on any atom is -0.281 e. The summed E-state index contributed by atoms with van der Waals surface area (Å²) < 4.78 is 0. The number of aliphatic imine (C=N–C) groups is 1. The number of thioether (sulfide) groups is 1. The van der Waals surface area contributed by atoms with Crippen molar-refractivity contribution in [2.75, 3.05) is 0 Å². The Morgan fingerprint density at radius 2 is 1.73 bits per heavy atom. The maximum atomic E-state index is 12.6. The van der Waals surface area contributed by atoms with Gasteiger partial charge in [0, 0.05) is 12.0 Å². The molecule has 2 heterocycles. The summed E-state index contributed by atoms with van der Waals surface area (Å²) in [5, 5.41) is 17.3. The smallest absolute Gasteiger partial charge is 0.248 e. The summed E-state index contributed by atoms with van der Waals surface area (Å²) in [6.45, 7) is 2.75. The van der Waals surface area contributed by atoms with Crippen LogP contribution in [-0.4, -0.2) is 42.1 Å². The lowest BCUT2D eigenvalue weighted by atomic mass is 9.98. The van der Waals surface area contributed by atoms with Crippen LogP contribution in [0.2, 0.25) is 0 Å². The number of nitrogens with one attached hydrogen (secondary N) is 2. The molecular formula is C28H29N7OS. The van der Waals surface area contributed by atoms with Gasteiger partial charge in [-0.25, -0.2) is 10.5 Å². The third-order valence-corrected chi connectivity index (χ3v) is 7.45. The molecule has 1 aliphatic heterocycles. The first-order valence-electron chi connectivity index (χ1n) is 12.5. The molecule has 1 aromatic heterocycles. The molecule has 0 saturated carbocycles. The highest BCUT2D eigenvalue weighted by molar-refractivity contribution is 8.14. The molecule has 2 N–H and O–H groups in total. The molecule has 1 aliphatic rings. The Labute approximate surface area is 220 Å². The molecule has 0 aliphatic carbocycles. The molecule has 1 unspecified atom stereocenters. The second-order valence-electron chi connectivity index (χ2n) is 8.85. The second-order valence-corrected chi connectivity index (χ2v) is 10.0. The molecule has 1 fully saturated rings. The van der Waals surface area contributed by atoms with Crippen molar-refractivity contribution in [2.45, 2.75) is 44.5 Å². The first kappa shape index (κ1) is 24.9. The summed E-state index contributed by atoms with van der Waals surface area (Å²) in [5.74, 6) is 0.564. The molecule has 0 bridgehead atoms. The van der Waals surface area contributed by atoms with Crippen molar-refractivity contribution in [3.05, 3.63) is 90.0 Å². The highest BCUT2D eigenvalue weighted by Gasteiger charge is 2.28. The van der Waals surface area contributed by atoms with E-state index >= 15 is 0 Å². The maximum Gasteiger partial charge on any atom is 0.248 e. The van der Waals surface area contributed by atoms with E-state index in [1.165, 1.54) is 5.56 Å². The van der Waals surface area contributed by atoms with Crippen LogP contribution in [0.1, 0.15) is 37.3 Å². The predicted octanol–water partition coefficient (Wildman–Crippen LogP) is 5.23. The number of tetrazole rings is 1. The molecular weight excluding hydrogens is 482 g/mol. The molecule has 1 amide bonds. The number of rotatable bonds is 9. The Morgan fingerprint density at radius 1 is 0.973 bits per heavy atom. The summed E-state index contributed by atoms with van der Waals surface area (Å²) in [4.78, 5) is 17.1. The van der Waals surface area contributed by atoms with Gasteiger partial charge >= 0.3 is 0 Å². The van der Waals surface area contributed by atoms with Gasteiger partial charge in [0.05, 0.1) is 11.9 Å². The van der Waals surface area contributed by atoms with Gasteiger partial charge in [-0.05, 0) is 51.9 Å². The van der Waals surface area contributed by atoms with Crippen LogP contribution < -0.4 is 5.43 Å². The first-order valence-corrected chi connectivity index (χ1v) is 13.4. The number of carbonyl (C=O) groups excluding carboxylic acids is 1. The number of aryl methyl sites for hydroxylation is 1. The van der Waals surface area contributed by atoms with Crippen LogP contribution in [0.25, 0.3) is 22.5 Å². The third-order valence-electron chi connectivity index (χ3n) is 6.20. The lowest BCUT2D eigenvalue weighted by Crippen LogP contribution is -2.37. The minimum atomic E-state index is -0.0733. The Hall–Kier alpha value is -3.82. The summed E-state index contributed by atoms with van der Waals surface area (Å²) in [5.41, 5.74) is 8.93. The van der Waals surface area contributed by atoms with Crippen LogP contribution in [0, 0.1) is 0 Å². The number of nitrogens with zero attached hydrogens (tertiary/aromatic N) is 5. The SMILES string of the molecule is CCC1NN(Cc2ccc(-c3ccccc3-c3nnn[nH]3)cc2)C(=NC(=O)CCCc2ccccc2)S1. The number of benzene rings is 3. The van der Waals surface area contributed by atoms with Crippen LogP contribution in [0.5, 0.6) is 0 Å². The van der Waals surface area contributed by atoms with Gasteiger partial charge in [0.15, 0.2) is 11.0 Å². The molecule has 1 atom stereocenters. The Balaban J connectivity index is 1.25. The molecule has 9 heteroatoms. The molecule has 0 spiro atoms. The number of hydrogen-bond donors (Lipinski definition) is 2. The van der Waals surface area contributed by atoms with Gasteiger partial charge in [0.2, 0.25) is 5.91 Å². The standard InChI is InChI=1S/C28H29N7OS/c1-2-26-32-35(28(37-26)29-25(36)14-8-11-20-9-4-3-5-10-20)19-21-15-17-22(18-16-21)23-12-6-7-13-24(23)27-30-33-34-31-27/h3-7,9-10,12-13,15-18,26,32H,2,8,11,14,19H2,1H3,(H,30,31,33,34). The van der Waals surface area contributed by atoms with E-state index in [-0.39, 0.29) is 11.3 Å². The van der Waals surface area contributed by atoms with E-state index in [1.54, 1.807) is 11.8 Å². The first-order chi connectivity index (χ1) is 18.2. The summed E-state index contributed by atoms with van der Waals surface area (Å²) in [6, 6.07) is 26.7. The summed E-state index contributed by atoms with van der Waals surface area (Å²) in [6.07, 6.45) is 3.06. The lowest BCUT2D eigenvalue weighted by molar-refractivity contribution is -0.117. The van der Waals surface area contributed by atoms with Crippen LogP contribution >= 0.6 is 11.8 Å². The van der Waals surface area contributed by atoms with E-state index < -0.39 is 0 Å². The molecule has 1 saturated heterocycles. The third kappa shape index (κ3) is 6.31. The number of carbonyl (C=O) groups is 1. The topological polar surface area (TPSA) is 99.2 Å². The van der Waals surface area contributed by atoms with E-state index in [0.29, 0.717) is 18.8 Å². The molecule has 0 radical (unpaired) electrons. The average Bonchev–Trinajstić information content (AvgIpc) is 3.60. The minimum absolute atomic E-state index is 0.0733. The van der Waals surface area contributed by atoms with Gasteiger partial charge in [-0.2, -0.15) is 4.99 Å². The molecule has 4 aromatic rings. The normalized spacial score (nSPS) is 16.4. The van der Waals surface area contributed by atoms with E-state index in [9.17, 15) is 4.79 Å². The van der Waals surface area contributed by atoms with Crippen molar-refractivity contribution >= 4 is 22.8 Å².